The van der Waals surface area contributed by atoms with Crippen molar-refractivity contribution >= 4 is 58.1 Å². The summed E-state index contributed by atoms with van der Waals surface area (Å²) in [7, 11) is 0. The highest BCUT2D eigenvalue weighted by molar-refractivity contribution is 6.37. The summed E-state index contributed by atoms with van der Waals surface area (Å²) in [6.07, 6.45) is 1.41. The van der Waals surface area contributed by atoms with Gasteiger partial charge in [-0.1, -0.05) is 46.4 Å². The van der Waals surface area contributed by atoms with Crippen LogP contribution >= 0.6 is 46.4 Å². The molecule has 8 heteroatoms. The first kappa shape index (κ1) is 17.2. The molecule has 0 spiro atoms. The van der Waals surface area contributed by atoms with E-state index in [2.05, 4.69) is 10.3 Å². The average Bonchev–Trinajstić information content (AvgIpc) is 2.49. The molecule has 0 atom stereocenters. The van der Waals surface area contributed by atoms with Crippen LogP contribution in [0.5, 0.6) is 5.75 Å². The fraction of sp³-hybridized carbons (Fsp3) is 0.143. The fourth-order valence-electron chi connectivity index (χ4n) is 1.54. The van der Waals surface area contributed by atoms with E-state index in [0.717, 1.165) is 0 Å². The molecule has 1 N–H and O–H groups in total. The average molecular weight is 380 g/mol. The van der Waals surface area contributed by atoms with Gasteiger partial charge in [0.15, 0.2) is 12.4 Å². The van der Waals surface area contributed by atoms with Gasteiger partial charge in [-0.3, -0.25) is 4.79 Å². The van der Waals surface area contributed by atoms with Gasteiger partial charge in [0.2, 0.25) is 0 Å². The van der Waals surface area contributed by atoms with Crippen LogP contribution in [0.3, 0.4) is 0 Å². The third kappa shape index (κ3) is 4.17. The molecule has 0 aliphatic heterocycles. The highest BCUT2D eigenvalue weighted by Crippen LogP contribution is 2.29. The summed E-state index contributed by atoms with van der Waals surface area (Å²) in [6, 6.07) is 4.73. The first-order valence-electron chi connectivity index (χ1n) is 6.06. The van der Waals surface area contributed by atoms with Crippen LogP contribution in [-0.4, -0.2) is 17.5 Å². The maximum absolute atomic E-state index is 11.9. The predicted octanol–water partition coefficient (Wildman–Crippen LogP) is 5.02. The van der Waals surface area contributed by atoms with Crippen molar-refractivity contribution in [3.8, 4) is 5.75 Å². The molecule has 1 aromatic carbocycles. The molecule has 1 aromatic heterocycles. The highest BCUT2D eigenvalue weighted by atomic mass is 35.5. The molecule has 0 fully saturated rings. The molecule has 0 bridgehead atoms. The summed E-state index contributed by atoms with van der Waals surface area (Å²) < 4.78 is 5.32. The molecular weight excluding hydrogens is 370 g/mol. The topological polar surface area (TPSA) is 51.2 Å². The number of nitrogens with one attached hydrogen (secondary N) is 1. The number of hydrogen-bond acceptors (Lipinski definition) is 3. The first-order chi connectivity index (χ1) is 10.4. The van der Waals surface area contributed by atoms with Gasteiger partial charge in [0.25, 0.3) is 5.91 Å². The molecular formula is C14H10Cl4N2O2. The van der Waals surface area contributed by atoms with Gasteiger partial charge in [0, 0.05) is 17.3 Å². The molecule has 116 valence electrons. The van der Waals surface area contributed by atoms with E-state index in [-0.39, 0.29) is 17.4 Å². The van der Waals surface area contributed by atoms with E-state index >= 15 is 0 Å². The van der Waals surface area contributed by atoms with Crippen molar-refractivity contribution in [1.82, 2.24) is 4.98 Å². The normalized spacial score (nSPS) is 10.4. The number of benzene rings is 1. The van der Waals surface area contributed by atoms with Crippen LogP contribution in [0.4, 0.5) is 5.82 Å². The lowest BCUT2D eigenvalue weighted by molar-refractivity contribution is -0.118. The van der Waals surface area contributed by atoms with Crippen LogP contribution in [0.25, 0.3) is 0 Å². The quantitative estimate of drug-likeness (QED) is 0.811. The Morgan fingerprint density at radius 1 is 1.23 bits per heavy atom. The van der Waals surface area contributed by atoms with Crippen molar-refractivity contribution in [2.24, 2.45) is 0 Å². The van der Waals surface area contributed by atoms with E-state index in [1.807, 2.05) is 0 Å². The van der Waals surface area contributed by atoms with E-state index in [1.165, 1.54) is 12.3 Å². The zero-order valence-corrected chi connectivity index (χ0v) is 14.3. The number of carbonyl (C=O) groups excluding carboxylic acids is 1. The van der Waals surface area contributed by atoms with Gasteiger partial charge in [-0.25, -0.2) is 4.98 Å². The molecule has 1 amide bonds. The highest BCUT2D eigenvalue weighted by Gasteiger charge is 2.12. The van der Waals surface area contributed by atoms with Crippen molar-refractivity contribution in [1.29, 1.82) is 0 Å². The summed E-state index contributed by atoms with van der Waals surface area (Å²) in [5.41, 5.74) is 0.632. The number of hydrogen-bond donors (Lipinski definition) is 1. The van der Waals surface area contributed by atoms with Crippen LogP contribution in [0.15, 0.2) is 24.4 Å². The van der Waals surface area contributed by atoms with Gasteiger partial charge in [-0.05, 0) is 24.6 Å². The number of amides is 1. The minimum absolute atomic E-state index is 0.217. The minimum atomic E-state index is -0.438. The molecule has 22 heavy (non-hydrogen) atoms. The third-order valence-corrected chi connectivity index (χ3v) is 4.10. The standard InChI is InChI=1S/C14H10Cl4N2O2/c1-7-10(17)5-19-14(13(7)18)20-12(21)6-22-11-4-8(15)2-3-9(11)16/h2-5H,6H2,1H3,(H,19,20,21). The molecule has 0 radical (unpaired) electrons. The molecule has 0 aliphatic rings. The lowest BCUT2D eigenvalue weighted by atomic mass is 10.3. The SMILES string of the molecule is Cc1c(Cl)cnc(NC(=O)COc2cc(Cl)ccc2Cl)c1Cl. The lowest BCUT2D eigenvalue weighted by Crippen LogP contribution is -2.21. The van der Waals surface area contributed by atoms with Crippen molar-refractivity contribution < 1.29 is 9.53 Å². The summed E-state index contributed by atoms with van der Waals surface area (Å²) in [4.78, 5) is 15.9. The van der Waals surface area contributed by atoms with Crippen LogP contribution in [0, 0.1) is 6.92 Å². The Morgan fingerprint density at radius 3 is 2.68 bits per heavy atom. The molecule has 1 heterocycles. The predicted molar refractivity (Wildman–Crippen MR) is 89.6 cm³/mol. The van der Waals surface area contributed by atoms with Gasteiger partial charge in [0.1, 0.15) is 5.75 Å². The maximum atomic E-state index is 11.9. The van der Waals surface area contributed by atoms with Gasteiger partial charge < -0.3 is 10.1 Å². The zero-order valence-electron chi connectivity index (χ0n) is 11.3. The van der Waals surface area contributed by atoms with Crippen LogP contribution < -0.4 is 10.1 Å². The van der Waals surface area contributed by atoms with E-state index in [4.69, 9.17) is 51.1 Å². The summed E-state index contributed by atoms with van der Waals surface area (Å²) in [6.45, 7) is 1.46. The summed E-state index contributed by atoms with van der Waals surface area (Å²) in [5.74, 6) is 0.0946. The lowest BCUT2D eigenvalue weighted by Gasteiger charge is -2.11. The second-order valence-electron chi connectivity index (χ2n) is 4.31. The Labute approximate surface area is 147 Å². The summed E-state index contributed by atoms with van der Waals surface area (Å²) >= 11 is 23.7. The van der Waals surface area contributed by atoms with Crippen molar-refractivity contribution in [2.45, 2.75) is 6.92 Å². The van der Waals surface area contributed by atoms with Crippen LogP contribution in [0.1, 0.15) is 5.56 Å². The Balaban J connectivity index is 2.02. The van der Waals surface area contributed by atoms with E-state index in [0.29, 0.717) is 26.4 Å². The second kappa shape index (κ2) is 7.38. The van der Waals surface area contributed by atoms with Gasteiger partial charge in [-0.2, -0.15) is 0 Å². The van der Waals surface area contributed by atoms with Crippen LogP contribution in [0.2, 0.25) is 20.1 Å². The Bertz CT molecular complexity index is 722. The second-order valence-corrected chi connectivity index (χ2v) is 5.93. The minimum Gasteiger partial charge on any atom is -0.482 e. The first-order valence-corrected chi connectivity index (χ1v) is 7.58. The number of nitrogens with zero attached hydrogens (tertiary/aromatic N) is 1. The third-order valence-electron chi connectivity index (χ3n) is 2.71. The summed E-state index contributed by atoms with van der Waals surface area (Å²) in [5, 5.41) is 4.05. The maximum Gasteiger partial charge on any atom is 0.263 e. The molecule has 2 aromatic rings. The smallest absolute Gasteiger partial charge is 0.263 e. The van der Waals surface area contributed by atoms with E-state index in [9.17, 15) is 4.79 Å². The Hall–Kier alpha value is -1.20. The fourth-order valence-corrected chi connectivity index (χ4v) is 2.27. The number of rotatable bonds is 4. The molecule has 2 rings (SSSR count). The van der Waals surface area contributed by atoms with Gasteiger partial charge in [-0.15, -0.1) is 0 Å². The number of anilines is 1. The number of ether oxygens (including phenoxy) is 1. The number of aromatic nitrogens is 1. The zero-order chi connectivity index (χ0) is 16.3. The number of carbonyl (C=O) groups is 1. The van der Waals surface area contributed by atoms with Crippen LogP contribution in [-0.2, 0) is 4.79 Å². The van der Waals surface area contributed by atoms with E-state index in [1.54, 1.807) is 19.1 Å². The molecule has 0 saturated heterocycles. The largest absolute Gasteiger partial charge is 0.482 e. The van der Waals surface area contributed by atoms with E-state index < -0.39 is 5.91 Å². The van der Waals surface area contributed by atoms with Gasteiger partial charge >= 0.3 is 0 Å². The monoisotopic (exact) mass is 378 g/mol. The van der Waals surface area contributed by atoms with Gasteiger partial charge in [0.05, 0.1) is 15.1 Å². The number of pyridine rings is 1. The van der Waals surface area contributed by atoms with Crippen molar-refractivity contribution in [3.63, 3.8) is 0 Å². The molecule has 0 saturated carbocycles. The number of halogens is 4. The van der Waals surface area contributed by atoms with Crippen molar-refractivity contribution in [2.75, 3.05) is 11.9 Å². The molecule has 0 unspecified atom stereocenters. The Kier molecular flexibility index (Phi) is 5.75. The van der Waals surface area contributed by atoms with Crippen molar-refractivity contribution in [3.05, 3.63) is 50.0 Å². The molecule has 0 aliphatic carbocycles. The molecule has 4 nitrogen and oxygen atoms in total. The Morgan fingerprint density at radius 2 is 1.95 bits per heavy atom.